The molecule has 4 aliphatic rings. The second kappa shape index (κ2) is 31.5. The summed E-state index contributed by atoms with van der Waals surface area (Å²) in [5.74, 6) is 0.861. The van der Waals surface area contributed by atoms with Gasteiger partial charge in [0.25, 0.3) is 0 Å². The van der Waals surface area contributed by atoms with Crippen LogP contribution in [0, 0.1) is 19.7 Å². The summed E-state index contributed by atoms with van der Waals surface area (Å²) in [4.78, 5) is 41.7. The summed E-state index contributed by atoms with van der Waals surface area (Å²) in [6.45, 7) is 20.1. The highest BCUT2D eigenvalue weighted by Gasteiger charge is 2.34. The van der Waals surface area contributed by atoms with Crippen molar-refractivity contribution in [3.63, 3.8) is 0 Å². The van der Waals surface area contributed by atoms with E-state index in [0.29, 0.717) is 181 Å². The molecule has 6 aromatic rings. The van der Waals surface area contributed by atoms with Crippen LogP contribution in [0.4, 0.5) is 10.3 Å². The van der Waals surface area contributed by atoms with Gasteiger partial charge in [0.05, 0.1) is 107 Å². The van der Waals surface area contributed by atoms with Crippen LogP contribution in [0.5, 0.6) is 23.1 Å². The van der Waals surface area contributed by atoms with Gasteiger partial charge in [-0.15, -0.1) is 11.3 Å². The van der Waals surface area contributed by atoms with Crippen LogP contribution in [0.15, 0.2) is 61.1 Å². The van der Waals surface area contributed by atoms with Crippen molar-refractivity contribution in [2.45, 2.75) is 71.6 Å². The van der Waals surface area contributed by atoms with Gasteiger partial charge < -0.3 is 66.6 Å². The molecule has 0 spiro atoms. The van der Waals surface area contributed by atoms with Crippen LogP contribution in [0.2, 0.25) is 10.0 Å². The van der Waals surface area contributed by atoms with Crippen molar-refractivity contribution in [3.05, 3.63) is 99.3 Å². The summed E-state index contributed by atoms with van der Waals surface area (Å²) in [6, 6.07) is 13.5. The molecule has 10 rings (SSSR count). The molecule has 20 nitrogen and oxygen atoms in total. The number of morpholine rings is 1. The first-order chi connectivity index (χ1) is 41.6. The summed E-state index contributed by atoms with van der Waals surface area (Å²) in [7, 11) is 3.75. The summed E-state index contributed by atoms with van der Waals surface area (Å²) in [6.07, 6.45) is 1.01. The van der Waals surface area contributed by atoms with Gasteiger partial charge in [-0.05, 0) is 100 Å². The molecular weight excluding hydrogens is 1170 g/mol. The largest absolute Gasteiger partial charge is 0.490 e. The van der Waals surface area contributed by atoms with E-state index in [9.17, 15) is 9.18 Å². The Kier molecular flexibility index (Phi) is 23.8. The zero-order valence-electron chi connectivity index (χ0n) is 50.0. The first-order valence-electron chi connectivity index (χ1n) is 29.1. The van der Waals surface area contributed by atoms with Crippen molar-refractivity contribution in [3.8, 4) is 44.7 Å². The number of hydrogen-bond donors (Lipinski definition) is 0. The zero-order valence-corrected chi connectivity index (χ0v) is 52.4. The lowest BCUT2D eigenvalue weighted by atomic mass is 9.92. The number of benzene rings is 3. The second-order valence-corrected chi connectivity index (χ2v) is 23.9. The summed E-state index contributed by atoms with van der Waals surface area (Å²) >= 11 is 16.2. The lowest BCUT2D eigenvalue weighted by Crippen LogP contribution is -2.49. The van der Waals surface area contributed by atoms with Gasteiger partial charge in [0.15, 0.2) is 5.75 Å². The highest BCUT2D eigenvalue weighted by Crippen LogP contribution is 2.53. The molecule has 4 aliphatic heterocycles. The monoisotopic (exact) mass is 1250 g/mol. The molecule has 86 heavy (non-hydrogen) atoms. The fourth-order valence-corrected chi connectivity index (χ4v) is 11.7. The number of anilines is 1. The first-order valence-corrected chi connectivity index (χ1v) is 30.6. The summed E-state index contributed by atoms with van der Waals surface area (Å²) in [5.41, 5.74) is 3.68. The number of likely N-dealkylation sites (N-methyl/N-ethyl adjacent to an activating group) is 1. The van der Waals surface area contributed by atoms with Crippen LogP contribution in [-0.2, 0) is 55.7 Å². The van der Waals surface area contributed by atoms with Crippen LogP contribution in [0.25, 0.3) is 31.8 Å². The van der Waals surface area contributed by atoms with Crippen molar-refractivity contribution in [2.75, 3.05) is 151 Å². The quantitative estimate of drug-likeness (QED) is 0.0389. The van der Waals surface area contributed by atoms with Crippen LogP contribution in [0.3, 0.4) is 0 Å². The van der Waals surface area contributed by atoms with E-state index in [0.717, 1.165) is 31.1 Å². The maximum absolute atomic E-state index is 14.7. The van der Waals surface area contributed by atoms with E-state index in [4.69, 9.17) is 95.0 Å². The van der Waals surface area contributed by atoms with Crippen LogP contribution in [0.1, 0.15) is 43.2 Å². The third-order valence-corrected chi connectivity index (χ3v) is 16.5. The minimum absolute atomic E-state index is 0.0429. The van der Waals surface area contributed by atoms with Gasteiger partial charge >= 0.3 is 5.97 Å². The van der Waals surface area contributed by atoms with Gasteiger partial charge in [-0.25, -0.2) is 29.1 Å². The molecule has 4 bridgehead atoms. The van der Waals surface area contributed by atoms with Crippen molar-refractivity contribution < 1.29 is 66.0 Å². The molecule has 0 saturated carbocycles. The number of hydrogen-bond acceptors (Lipinski definition) is 21. The molecule has 3 aromatic carbocycles. The molecule has 0 unspecified atom stereocenters. The number of halogens is 3. The number of thiophene rings is 1. The Balaban J connectivity index is 0.947. The summed E-state index contributed by atoms with van der Waals surface area (Å²) < 4.78 is 87.0. The van der Waals surface area contributed by atoms with Crippen LogP contribution >= 0.6 is 34.5 Å². The SMILES string of the molecule is COCCOCCOCCOCCOCCOC[C@H]1CN(c2nccc(COc3ccc4cc3C[C@H](C(=O)OC(C)(C)C)Oc3ncnc5sc(-c6ccc(F)cc6)c(c35)-c3c(C)c(Cl)c(c(Cl)c3C)O[C@H](CN3CCN(C)CC3)CO4)n2)CCO1. The van der Waals surface area contributed by atoms with E-state index < -0.39 is 29.6 Å². The Morgan fingerprint density at radius 3 is 2.14 bits per heavy atom. The molecule has 0 amide bonds. The Morgan fingerprint density at radius 2 is 1.47 bits per heavy atom. The van der Waals surface area contributed by atoms with E-state index >= 15 is 0 Å². The minimum atomic E-state index is -1.29. The maximum atomic E-state index is 14.7. The van der Waals surface area contributed by atoms with Crippen molar-refractivity contribution in [1.82, 2.24) is 29.7 Å². The standard InChI is InChI=1S/C62H78Cl2FN7O13S/c1-40-51-41(2)55(64)56(54(40)63)83-48(34-71-18-16-70(6)17-19-71)38-81-46-12-13-49(43(32-46)33-50(60(73)85-62(3,4)5)84-58-53-52(51)57(86-59(53)68-39-67-58)42-8-10-44(65)11-9-42)82-36-45-14-15-66-61(69-45)72-20-21-80-47(35-72)37-79-31-30-78-29-28-77-27-26-76-25-24-75-23-22-74-7/h8-15,32,39,47-48,50H,16-31,33-38H2,1-7H3/t47-,48-,50-/m1/s1. The number of piperazine rings is 1. The molecule has 24 heteroatoms. The number of nitrogens with zero attached hydrogens (tertiary/aromatic N) is 7. The lowest BCUT2D eigenvalue weighted by molar-refractivity contribution is -0.163. The number of ether oxygens (including phenoxy) is 12. The zero-order chi connectivity index (χ0) is 60.6. The van der Waals surface area contributed by atoms with Crippen molar-refractivity contribution >= 4 is 56.7 Å². The molecule has 0 radical (unpaired) electrons. The number of rotatable bonds is 25. The molecule has 2 fully saturated rings. The summed E-state index contributed by atoms with van der Waals surface area (Å²) in [5, 5.41) is 1.12. The van der Waals surface area contributed by atoms with Crippen LogP contribution < -0.4 is 23.8 Å². The van der Waals surface area contributed by atoms with E-state index in [1.165, 1.54) is 29.8 Å². The first kappa shape index (κ1) is 64.9. The minimum Gasteiger partial charge on any atom is -0.490 e. The fraction of sp³-hybridized carbons (Fsp3) is 0.532. The molecule has 466 valence electrons. The van der Waals surface area contributed by atoms with Crippen LogP contribution in [-0.4, -0.2) is 205 Å². The van der Waals surface area contributed by atoms with Gasteiger partial charge in [-0.1, -0.05) is 35.3 Å². The normalized spacial score (nSPS) is 17.9. The third-order valence-electron chi connectivity index (χ3n) is 14.5. The number of carbonyl (C=O) groups excluding carboxylic acids is 1. The second-order valence-electron chi connectivity index (χ2n) is 22.1. The lowest BCUT2D eigenvalue weighted by Gasteiger charge is -2.35. The average molecular weight is 1250 g/mol. The number of fused-ring (bicyclic) bond motifs is 7. The van der Waals surface area contributed by atoms with Gasteiger partial charge in [0.1, 0.15) is 53.4 Å². The highest BCUT2D eigenvalue weighted by molar-refractivity contribution is 7.22. The predicted molar refractivity (Wildman–Crippen MR) is 326 cm³/mol. The Morgan fingerprint density at radius 1 is 0.791 bits per heavy atom. The predicted octanol–water partition coefficient (Wildman–Crippen LogP) is 9.11. The molecule has 3 atom stereocenters. The van der Waals surface area contributed by atoms with Crippen molar-refractivity contribution in [2.24, 2.45) is 0 Å². The van der Waals surface area contributed by atoms with E-state index in [1.54, 1.807) is 52.3 Å². The molecule has 0 N–H and O–H groups in total. The number of carbonyl (C=O) groups is 1. The topological polar surface area (TPSA) is 189 Å². The van der Waals surface area contributed by atoms with Gasteiger partial charge in [-0.2, -0.15) is 0 Å². The molecule has 0 aliphatic carbocycles. The van der Waals surface area contributed by atoms with Gasteiger partial charge in [-0.3, -0.25) is 4.90 Å². The fourth-order valence-electron chi connectivity index (χ4n) is 10.1. The molecule has 2 saturated heterocycles. The van der Waals surface area contributed by atoms with Gasteiger partial charge in [0, 0.05) is 81.5 Å². The van der Waals surface area contributed by atoms with Gasteiger partial charge in [0.2, 0.25) is 17.9 Å². The Bertz CT molecular complexity index is 3140. The number of methoxy groups -OCH3 is 1. The number of esters is 1. The van der Waals surface area contributed by atoms with E-state index in [1.807, 2.05) is 32.0 Å². The van der Waals surface area contributed by atoms with E-state index in [2.05, 4.69) is 26.7 Å². The smallest absolute Gasteiger partial charge is 0.348 e. The molecule has 7 heterocycles. The molecular formula is C62H78Cl2FN7O13S. The highest BCUT2D eigenvalue weighted by atomic mass is 35.5. The number of aromatic nitrogens is 4. The van der Waals surface area contributed by atoms with E-state index in [-0.39, 0.29) is 31.6 Å². The maximum Gasteiger partial charge on any atom is 0.348 e. The molecule has 3 aromatic heterocycles. The Labute approximate surface area is 516 Å². The average Bonchev–Trinajstić information content (AvgIpc) is 1.56. The third kappa shape index (κ3) is 17.8. The van der Waals surface area contributed by atoms with Crippen molar-refractivity contribution in [1.29, 1.82) is 0 Å². The Hall–Kier alpha value is -5.60.